The number of fused-ring (bicyclic) bond motifs is 1. The summed E-state index contributed by atoms with van der Waals surface area (Å²) in [4.78, 5) is 13.3. The summed E-state index contributed by atoms with van der Waals surface area (Å²) in [5.41, 5.74) is 1.49. The minimum absolute atomic E-state index is 0.0315. The van der Waals surface area contributed by atoms with Gasteiger partial charge in [-0.05, 0) is 47.3 Å². The Morgan fingerprint density at radius 3 is 3.09 bits per heavy atom. The van der Waals surface area contributed by atoms with Gasteiger partial charge in [0, 0.05) is 6.61 Å². The topological polar surface area (TPSA) is 78.0 Å². The van der Waals surface area contributed by atoms with Crippen LogP contribution >= 0.6 is 15.9 Å². The summed E-state index contributed by atoms with van der Waals surface area (Å²) >= 11 is 3.53. The normalized spacial score (nSPS) is 18.4. The first-order valence-electron chi connectivity index (χ1n) is 7.59. The summed E-state index contributed by atoms with van der Waals surface area (Å²) in [6.45, 7) is 1.31. The Morgan fingerprint density at radius 1 is 1.35 bits per heavy atom. The summed E-state index contributed by atoms with van der Waals surface area (Å²) in [5.74, 6) is 1.52. The molecule has 0 amide bonds. The van der Waals surface area contributed by atoms with Crippen molar-refractivity contribution in [1.82, 2.24) is 19.5 Å². The standard InChI is InChI=1S/C15H16BrN5O2/c16-15-20-12-13(17-8-10-4-3-7-22-10)18-9-19-14(12)21(15)11-5-1-2-6-23-11/h3-4,7,9,11H,1-2,5-6,8H2,(H,17,18,19). The Labute approximate surface area is 141 Å². The molecule has 1 saturated heterocycles. The Bertz CT molecular complexity index is 796. The molecule has 7 nitrogen and oxygen atoms in total. The lowest BCUT2D eigenvalue weighted by molar-refractivity contribution is -0.0311. The maximum absolute atomic E-state index is 5.87. The average Bonchev–Trinajstić information content (AvgIpc) is 3.20. The highest BCUT2D eigenvalue weighted by Gasteiger charge is 2.23. The molecule has 0 aromatic carbocycles. The van der Waals surface area contributed by atoms with Crippen LogP contribution in [0.15, 0.2) is 33.9 Å². The first-order chi connectivity index (χ1) is 11.3. The molecule has 3 aromatic heterocycles. The molecule has 3 aromatic rings. The highest BCUT2D eigenvalue weighted by atomic mass is 79.9. The van der Waals surface area contributed by atoms with Gasteiger partial charge in [-0.2, -0.15) is 0 Å². The lowest BCUT2D eigenvalue weighted by Crippen LogP contribution is -2.18. The number of anilines is 1. The number of hydrogen-bond acceptors (Lipinski definition) is 6. The Morgan fingerprint density at radius 2 is 2.30 bits per heavy atom. The van der Waals surface area contributed by atoms with Gasteiger partial charge in [-0.15, -0.1) is 0 Å². The van der Waals surface area contributed by atoms with E-state index in [0.29, 0.717) is 17.1 Å². The summed E-state index contributed by atoms with van der Waals surface area (Å²) in [7, 11) is 0. The number of nitrogens with one attached hydrogen (secondary N) is 1. The van der Waals surface area contributed by atoms with Gasteiger partial charge >= 0.3 is 0 Å². The van der Waals surface area contributed by atoms with E-state index >= 15 is 0 Å². The number of nitrogens with zero attached hydrogens (tertiary/aromatic N) is 4. The summed E-state index contributed by atoms with van der Waals surface area (Å²) in [6, 6.07) is 3.77. The van der Waals surface area contributed by atoms with Crippen molar-refractivity contribution in [3.05, 3.63) is 35.2 Å². The van der Waals surface area contributed by atoms with Gasteiger partial charge in [0.05, 0.1) is 12.8 Å². The maximum Gasteiger partial charge on any atom is 0.181 e. The molecule has 1 unspecified atom stereocenters. The Hall–Kier alpha value is -1.93. The fraction of sp³-hybridized carbons (Fsp3) is 0.400. The molecule has 4 rings (SSSR count). The molecule has 0 bridgehead atoms. The number of aromatic nitrogens is 4. The van der Waals surface area contributed by atoms with E-state index in [-0.39, 0.29) is 6.23 Å². The van der Waals surface area contributed by atoms with Crippen molar-refractivity contribution in [1.29, 1.82) is 0 Å². The highest BCUT2D eigenvalue weighted by molar-refractivity contribution is 9.10. The minimum atomic E-state index is -0.0315. The molecule has 4 heterocycles. The van der Waals surface area contributed by atoms with Crippen molar-refractivity contribution in [2.75, 3.05) is 11.9 Å². The van der Waals surface area contributed by atoms with Crippen LogP contribution in [0.3, 0.4) is 0 Å². The number of ether oxygens (including phenoxy) is 1. The molecular weight excluding hydrogens is 362 g/mol. The maximum atomic E-state index is 5.87. The third kappa shape index (κ3) is 2.84. The van der Waals surface area contributed by atoms with Crippen LogP contribution in [-0.4, -0.2) is 26.1 Å². The van der Waals surface area contributed by atoms with Gasteiger partial charge in [-0.1, -0.05) is 0 Å². The zero-order valence-corrected chi connectivity index (χ0v) is 14.0. The van der Waals surface area contributed by atoms with Gasteiger partial charge in [0.2, 0.25) is 0 Å². The zero-order chi connectivity index (χ0) is 15.6. The van der Waals surface area contributed by atoms with E-state index in [9.17, 15) is 0 Å². The molecular formula is C15H16BrN5O2. The number of hydrogen-bond donors (Lipinski definition) is 1. The predicted molar refractivity (Wildman–Crippen MR) is 87.9 cm³/mol. The predicted octanol–water partition coefficient (Wildman–Crippen LogP) is 3.49. The van der Waals surface area contributed by atoms with Crippen molar-refractivity contribution in [2.45, 2.75) is 32.0 Å². The van der Waals surface area contributed by atoms with E-state index in [1.807, 2.05) is 16.7 Å². The quantitative estimate of drug-likeness (QED) is 0.701. The van der Waals surface area contributed by atoms with Gasteiger partial charge in [0.1, 0.15) is 18.3 Å². The van der Waals surface area contributed by atoms with Crippen LogP contribution in [0.5, 0.6) is 0 Å². The van der Waals surface area contributed by atoms with E-state index < -0.39 is 0 Å². The molecule has 1 aliphatic heterocycles. The molecule has 120 valence electrons. The number of furan rings is 1. The number of rotatable bonds is 4. The largest absolute Gasteiger partial charge is 0.467 e. The molecule has 1 aliphatic rings. The van der Waals surface area contributed by atoms with Gasteiger partial charge in [-0.25, -0.2) is 15.0 Å². The molecule has 1 fully saturated rings. The van der Waals surface area contributed by atoms with Gasteiger partial charge in [-0.3, -0.25) is 4.57 Å². The molecule has 0 spiro atoms. The van der Waals surface area contributed by atoms with E-state index in [4.69, 9.17) is 9.15 Å². The van der Waals surface area contributed by atoms with Crippen molar-refractivity contribution >= 4 is 32.9 Å². The van der Waals surface area contributed by atoms with Crippen molar-refractivity contribution in [3.63, 3.8) is 0 Å². The third-order valence-electron chi connectivity index (χ3n) is 3.89. The van der Waals surface area contributed by atoms with E-state index in [0.717, 1.165) is 42.8 Å². The SMILES string of the molecule is Brc1nc2c(NCc3ccco3)ncnc2n1C1CCCCO1. The summed E-state index contributed by atoms with van der Waals surface area (Å²) < 4.78 is 13.9. The molecule has 0 aliphatic carbocycles. The van der Waals surface area contributed by atoms with Crippen LogP contribution in [0.1, 0.15) is 31.3 Å². The summed E-state index contributed by atoms with van der Waals surface area (Å²) in [5, 5.41) is 3.25. The third-order valence-corrected chi connectivity index (χ3v) is 4.45. The van der Waals surface area contributed by atoms with Crippen LogP contribution < -0.4 is 5.32 Å². The van der Waals surface area contributed by atoms with Crippen molar-refractivity contribution in [2.24, 2.45) is 0 Å². The molecule has 8 heteroatoms. The van der Waals surface area contributed by atoms with Crippen LogP contribution in [0, 0.1) is 0 Å². The smallest absolute Gasteiger partial charge is 0.181 e. The zero-order valence-electron chi connectivity index (χ0n) is 12.4. The Balaban J connectivity index is 1.67. The Kier molecular flexibility index (Phi) is 4.00. The fourth-order valence-electron chi connectivity index (χ4n) is 2.78. The van der Waals surface area contributed by atoms with Gasteiger partial charge in [0.25, 0.3) is 0 Å². The van der Waals surface area contributed by atoms with E-state index in [1.165, 1.54) is 0 Å². The van der Waals surface area contributed by atoms with Crippen molar-refractivity contribution < 1.29 is 9.15 Å². The molecule has 23 heavy (non-hydrogen) atoms. The second-order valence-corrected chi connectivity index (χ2v) is 6.11. The van der Waals surface area contributed by atoms with Gasteiger partial charge < -0.3 is 14.5 Å². The minimum Gasteiger partial charge on any atom is -0.467 e. The van der Waals surface area contributed by atoms with Crippen LogP contribution in [0.4, 0.5) is 5.82 Å². The summed E-state index contributed by atoms with van der Waals surface area (Å²) in [6.07, 6.45) is 6.37. The highest BCUT2D eigenvalue weighted by Crippen LogP contribution is 2.31. The monoisotopic (exact) mass is 377 g/mol. The first kappa shape index (κ1) is 14.6. The van der Waals surface area contributed by atoms with Crippen molar-refractivity contribution in [3.8, 4) is 0 Å². The second kappa shape index (κ2) is 6.29. The fourth-order valence-corrected chi connectivity index (χ4v) is 3.35. The van der Waals surface area contributed by atoms with Crippen LogP contribution in [0.25, 0.3) is 11.2 Å². The van der Waals surface area contributed by atoms with E-state index in [2.05, 4.69) is 36.2 Å². The molecule has 0 radical (unpaired) electrons. The number of halogens is 1. The lowest BCUT2D eigenvalue weighted by Gasteiger charge is -2.24. The average molecular weight is 378 g/mol. The molecule has 1 N–H and O–H groups in total. The van der Waals surface area contributed by atoms with E-state index in [1.54, 1.807) is 12.6 Å². The molecule has 0 saturated carbocycles. The second-order valence-electron chi connectivity index (χ2n) is 5.40. The number of imidazole rings is 1. The van der Waals surface area contributed by atoms with Crippen LogP contribution in [0.2, 0.25) is 0 Å². The van der Waals surface area contributed by atoms with Crippen LogP contribution in [-0.2, 0) is 11.3 Å². The lowest BCUT2D eigenvalue weighted by atomic mass is 10.2. The molecule has 1 atom stereocenters. The first-order valence-corrected chi connectivity index (χ1v) is 8.38. The van der Waals surface area contributed by atoms with Gasteiger partial charge in [0.15, 0.2) is 21.7 Å².